The highest BCUT2D eigenvalue weighted by Gasteiger charge is 2.12. The molecule has 0 saturated heterocycles. The van der Waals surface area contributed by atoms with Gasteiger partial charge in [-0.3, -0.25) is 4.79 Å². The summed E-state index contributed by atoms with van der Waals surface area (Å²) in [5, 5.41) is 12.0. The molecule has 0 radical (unpaired) electrons. The molecule has 0 aliphatic rings. The second kappa shape index (κ2) is 7.04. The van der Waals surface area contributed by atoms with Gasteiger partial charge in [0, 0.05) is 6.54 Å². The van der Waals surface area contributed by atoms with Gasteiger partial charge in [-0.2, -0.15) is 0 Å². The number of ether oxygens (including phenoxy) is 1. The molecule has 0 spiro atoms. The Kier molecular flexibility index (Phi) is 4.65. The number of carbonyl (C=O) groups excluding carboxylic acids is 1. The Bertz CT molecular complexity index is 933. The van der Waals surface area contributed by atoms with E-state index in [0.717, 1.165) is 11.0 Å². The standard InChI is InChI=1S/C18H17N3O4/c1-25-16-7-6-12(8-13(16)18(23)24)9-19-17(22)10-21-11-20-14-4-2-3-5-15(14)21/h2-8,11H,9-10H2,1H3,(H,19,22)(H,23,24). The summed E-state index contributed by atoms with van der Waals surface area (Å²) in [6.45, 7) is 0.373. The Morgan fingerprint density at radius 2 is 2.04 bits per heavy atom. The molecule has 0 unspecified atom stereocenters. The lowest BCUT2D eigenvalue weighted by Gasteiger charge is -2.09. The SMILES string of the molecule is COc1ccc(CNC(=O)Cn2cnc3ccccc32)cc1C(=O)O. The molecule has 7 heteroatoms. The van der Waals surface area contributed by atoms with Crippen LogP contribution in [-0.2, 0) is 17.9 Å². The van der Waals surface area contributed by atoms with E-state index in [0.29, 0.717) is 5.56 Å². The number of aromatic nitrogens is 2. The van der Waals surface area contributed by atoms with Crippen molar-refractivity contribution in [2.24, 2.45) is 0 Å². The van der Waals surface area contributed by atoms with Crippen molar-refractivity contribution in [3.63, 3.8) is 0 Å². The first-order valence-electron chi connectivity index (χ1n) is 7.65. The number of imidazole rings is 1. The number of amides is 1. The molecule has 0 saturated carbocycles. The van der Waals surface area contributed by atoms with Crippen molar-refractivity contribution in [3.8, 4) is 5.75 Å². The van der Waals surface area contributed by atoms with E-state index in [-0.39, 0.29) is 30.3 Å². The molecule has 1 heterocycles. The van der Waals surface area contributed by atoms with Crippen LogP contribution in [-0.4, -0.2) is 33.6 Å². The van der Waals surface area contributed by atoms with E-state index in [4.69, 9.17) is 4.74 Å². The predicted octanol–water partition coefficient (Wildman–Crippen LogP) is 2.06. The maximum Gasteiger partial charge on any atom is 0.339 e. The highest BCUT2D eigenvalue weighted by Crippen LogP contribution is 2.19. The molecule has 3 rings (SSSR count). The molecule has 0 bridgehead atoms. The summed E-state index contributed by atoms with van der Waals surface area (Å²) in [7, 11) is 1.42. The van der Waals surface area contributed by atoms with Crippen molar-refractivity contribution in [2.75, 3.05) is 7.11 Å². The van der Waals surface area contributed by atoms with Gasteiger partial charge in [-0.1, -0.05) is 18.2 Å². The monoisotopic (exact) mass is 339 g/mol. The van der Waals surface area contributed by atoms with Crippen LogP contribution in [0.4, 0.5) is 0 Å². The number of hydrogen-bond donors (Lipinski definition) is 2. The van der Waals surface area contributed by atoms with Crippen molar-refractivity contribution in [1.82, 2.24) is 14.9 Å². The zero-order valence-corrected chi connectivity index (χ0v) is 13.6. The predicted molar refractivity (Wildman–Crippen MR) is 91.5 cm³/mol. The first-order chi connectivity index (χ1) is 12.1. The van der Waals surface area contributed by atoms with Gasteiger partial charge in [0.05, 0.1) is 24.5 Å². The van der Waals surface area contributed by atoms with E-state index < -0.39 is 5.97 Å². The van der Waals surface area contributed by atoms with Gasteiger partial charge < -0.3 is 19.7 Å². The Morgan fingerprint density at radius 1 is 1.24 bits per heavy atom. The number of aromatic carboxylic acids is 1. The maximum absolute atomic E-state index is 12.2. The zero-order valence-electron chi connectivity index (χ0n) is 13.6. The molecule has 0 fully saturated rings. The van der Waals surface area contributed by atoms with E-state index in [9.17, 15) is 14.7 Å². The van der Waals surface area contributed by atoms with Crippen LogP contribution in [0, 0.1) is 0 Å². The molecule has 2 N–H and O–H groups in total. The van der Waals surface area contributed by atoms with Crippen LogP contribution < -0.4 is 10.1 Å². The summed E-state index contributed by atoms with van der Waals surface area (Å²) >= 11 is 0. The summed E-state index contributed by atoms with van der Waals surface area (Å²) in [5.74, 6) is -0.974. The van der Waals surface area contributed by atoms with Gasteiger partial charge in [0.2, 0.25) is 5.91 Å². The Hall–Kier alpha value is -3.35. The third-order valence-corrected chi connectivity index (χ3v) is 3.83. The number of rotatable bonds is 6. The smallest absolute Gasteiger partial charge is 0.339 e. The van der Waals surface area contributed by atoms with Gasteiger partial charge in [0.25, 0.3) is 0 Å². The molecule has 25 heavy (non-hydrogen) atoms. The number of carbonyl (C=O) groups is 2. The van der Waals surface area contributed by atoms with E-state index in [1.54, 1.807) is 23.0 Å². The van der Waals surface area contributed by atoms with Crippen LogP contribution in [0.15, 0.2) is 48.8 Å². The molecule has 2 aromatic carbocycles. The zero-order chi connectivity index (χ0) is 17.8. The molecule has 0 atom stereocenters. The van der Waals surface area contributed by atoms with Gasteiger partial charge in [-0.15, -0.1) is 0 Å². The Labute approximate surface area is 143 Å². The summed E-state index contributed by atoms with van der Waals surface area (Å²) in [5.41, 5.74) is 2.46. The van der Waals surface area contributed by atoms with Crippen molar-refractivity contribution in [2.45, 2.75) is 13.1 Å². The number of methoxy groups -OCH3 is 1. The number of nitrogens with one attached hydrogen (secondary N) is 1. The number of para-hydroxylation sites is 2. The largest absolute Gasteiger partial charge is 0.496 e. The normalized spacial score (nSPS) is 10.6. The molecular weight excluding hydrogens is 322 g/mol. The van der Waals surface area contributed by atoms with Gasteiger partial charge in [0.1, 0.15) is 17.9 Å². The van der Waals surface area contributed by atoms with Crippen LogP contribution in [0.25, 0.3) is 11.0 Å². The number of carboxylic acids is 1. The minimum atomic E-state index is -1.07. The number of nitrogens with zero attached hydrogens (tertiary/aromatic N) is 2. The van der Waals surface area contributed by atoms with Crippen molar-refractivity contribution < 1.29 is 19.4 Å². The maximum atomic E-state index is 12.2. The van der Waals surface area contributed by atoms with Crippen molar-refractivity contribution >= 4 is 22.9 Å². The van der Waals surface area contributed by atoms with E-state index in [1.807, 2.05) is 24.3 Å². The summed E-state index contributed by atoms with van der Waals surface area (Å²) < 4.78 is 6.79. The number of hydrogen-bond acceptors (Lipinski definition) is 4. The summed E-state index contributed by atoms with van der Waals surface area (Å²) in [4.78, 5) is 27.6. The lowest BCUT2D eigenvalue weighted by Crippen LogP contribution is -2.27. The number of fused-ring (bicyclic) bond motifs is 1. The highest BCUT2D eigenvalue weighted by atomic mass is 16.5. The van der Waals surface area contributed by atoms with Crippen LogP contribution in [0.3, 0.4) is 0 Å². The topological polar surface area (TPSA) is 93.5 Å². The van der Waals surface area contributed by atoms with Gasteiger partial charge in [-0.05, 0) is 29.8 Å². The molecule has 0 aliphatic heterocycles. The minimum absolute atomic E-state index is 0.0647. The van der Waals surface area contributed by atoms with Crippen LogP contribution >= 0.6 is 0 Å². The fourth-order valence-electron chi connectivity index (χ4n) is 2.58. The van der Waals surface area contributed by atoms with Crippen LogP contribution in [0.1, 0.15) is 15.9 Å². The molecule has 128 valence electrons. The van der Waals surface area contributed by atoms with Gasteiger partial charge in [0.15, 0.2) is 0 Å². The molecule has 3 aromatic rings. The second-order valence-electron chi connectivity index (χ2n) is 5.48. The number of benzene rings is 2. The third kappa shape index (κ3) is 3.60. The molecule has 0 aliphatic carbocycles. The fourth-order valence-corrected chi connectivity index (χ4v) is 2.58. The quantitative estimate of drug-likeness (QED) is 0.717. The first kappa shape index (κ1) is 16.5. The lowest BCUT2D eigenvalue weighted by molar-refractivity contribution is -0.121. The summed E-state index contributed by atoms with van der Waals surface area (Å²) in [6, 6.07) is 12.4. The van der Waals surface area contributed by atoms with Crippen LogP contribution in [0.5, 0.6) is 5.75 Å². The molecule has 1 amide bonds. The number of carboxylic acid groups (broad SMARTS) is 1. The third-order valence-electron chi connectivity index (χ3n) is 3.83. The van der Waals surface area contributed by atoms with Crippen LogP contribution in [0.2, 0.25) is 0 Å². The Morgan fingerprint density at radius 3 is 2.80 bits per heavy atom. The van der Waals surface area contributed by atoms with Crippen molar-refractivity contribution in [1.29, 1.82) is 0 Å². The van der Waals surface area contributed by atoms with E-state index in [2.05, 4.69) is 10.3 Å². The molecular formula is C18H17N3O4. The lowest BCUT2D eigenvalue weighted by atomic mass is 10.1. The van der Waals surface area contributed by atoms with E-state index >= 15 is 0 Å². The first-order valence-corrected chi connectivity index (χ1v) is 7.65. The Balaban J connectivity index is 1.66. The molecule has 1 aromatic heterocycles. The average Bonchev–Trinajstić information content (AvgIpc) is 3.02. The van der Waals surface area contributed by atoms with Gasteiger partial charge in [-0.25, -0.2) is 9.78 Å². The van der Waals surface area contributed by atoms with E-state index in [1.165, 1.54) is 13.2 Å². The summed E-state index contributed by atoms with van der Waals surface area (Å²) in [6.07, 6.45) is 1.63. The molecule has 7 nitrogen and oxygen atoms in total. The fraction of sp³-hybridized carbons (Fsp3) is 0.167. The van der Waals surface area contributed by atoms with Gasteiger partial charge >= 0.3 is 5.97 Å². The minimum Gasteiger partial charge on any atom is -0.496 e. The average molecular weight is 339 g/mol. The van der Waals surface area contributed by atoms with Crippen molar-refractivity contribution in [3.05, 3.63) is 59.9 Å². The second-order valence-corrected chi connectivity index (χ2v) is 5.48. The highest BCUT2D eigenvalue weighted by molar-refractivity contribution is 5.91.